The van der Waals surface area contributed by atoms with Crippen molar-refractivity contribution in [1.82, 2.24) is 5.32 Å². The quantitative estimate of drug-likeness (QED) is 0.572. The first-order chi connectivity index (χ1) is 10.7. The molecule has 1 heterocycles. The first-order valence-electron chi connectivity index (χ1n) is 8.43. The van der Waals surface area contributed by atoms with Crippen LogP contribution in [-0.4, -0.2) is 20.3 Å². The van der Waals surface area contributed by atoms with Gasteiger partial charge in [-0.1, -0.05) is 65.3 Å². The van der Waals surface area contributed by atoms with Crippen molar-refractivity contribution in [3.63, 3.8) is 0 Å². The van der Waals surface area contributed by atoms with E-state index in [1.165, 1.54) is 0 Å². The minimum absolute atomic E-state index is 0.00350. The molecule has 23 heavy (non-hydrogen) atoms. The molecule has 1 aliphatic rings. The maximum atomic E-state index is 12.2. The van der Waals surface area contributed by atoms with Gasteiger partial charge in [0.15, 0.2) is 0 Å². The van der Waals surface area contributed by atoms with E-state index in [0.717, 1.165) is 5.56 Å². The number of hydrogen-bond acceptors (Lipinski definition) is 2. The molecule has 2 rings (SSSR count). The number of amides is 1. The normalized spacial score (nSPS) is 21.7. The highest BCUT2D eigenvalue weighted by Crippen LogP contribution is 2.45. The van der Waals surface area contributed by atoms with Crippen LogP contribution in [0.2, 0.25) is 21.6 Å². The Morgan fingerprint density at radius 2 is 1.48 bits per heavy atom. The van der Waals surface area contributed by atoms with Gasteiger partial charge in [0.2, 0.25) is 8.32 Å². The van der Waals surface area contributed by atoms with E-state index in [2.05, 4.69) is 46.9 Å². The molecule has 1 aliphatic heterocycles. The number of hydrogen-bond donors (Lipinski definition) is 1. The predicted molar refractivity (Wildman–Crippen MR) is 98.3 cm³/mol. The van der Waals surface area contributed by atoms with E-state index >= 15 is 0 Å². The number of benzene rings is 1. The van der Waals surface area contributed by atoms with Crippen molar-refractivity contribution >= 4 is 25.8 Å². The lowest BCUT2D eigenvalue weighted by Gasteiger charge is -2.48. The number of carbonyl (C=O) groups is 1. The molecule has 128 valence electrons. The molecule has 0 unspecified atom stereocenters. The number of halogens is 1. The van der Waals surface area contributed by atoms with E-state index in [9.17, 15) is 4.79 Å². The van der Waals surface area contributed by atoms with Crippen LogP contribution in [0.15, 0.2) is 24.3 Å². The monoisotopic (exact) mass is 353 g/mol. The first-order valence-corrected chi connectivity index (χ1v) is 11.0. The number of nitrogens with one attached hydrogen (secondary N) is 1. The molecule has 0 radical (unpaired) electrons. The average Bonchev–Trinajstić information content (AvgIpc) is 2.45. The van der Waals surface area contributed by atoms with E-state index < -0.39 is 8.32 Å². The Balaban J connectivity index is 2.27. The van der Waals surface area contributed by atoms with Crippen LogP contribution >= 0.6 is 11.6 Å². The smallest absolute Gasteiger partial charge is 0.251 e. The number of carbonyl (C=O) groups excluding carboxylic acids is 1. The molecule has 2 atom stereocenters. The minimum Gasteiger partial charge on any atom is -0.402 e. The molecule has 0 aliphatic carbocycles. The zero-order valence-electron chi connectivity index (χ0n) is 14.9. The largest absolute Gasteiger partial charge is 0.402 e. The molecular formula is C18H28ClNO2Si. The second-order valence-corrected chi connectivity index (χ2v) is 13.2. The van der Waals surface area contributed by atoms with Crippen LogP contribution in [0, 0.1) is 0 Å². The second kappa shape index (κ2) is 6.95. The summed E-state index contributed by atoms with van der Waals surface area (Å²) in [6.45, 7) is 13.4. The summed E-state index contributed by atoms with van der Waals surface area (Å²) in [5, 5.41) is 3.68. The summed E-state index contributed by atoms with van der Waals surface area (Å²) in [6, 6.07) is 7.58. The molecule has 1 fully saturated rings. The van der Waals surface area contributed by atoms with Crippen molar-refractivity contribution in [2.45, 2.75) is 70.3 Å². The minimum atomic E-state index is -2.07. The van der Waals surface area contributed by atoms with E-state index in [4.69, 9.17) is 16.0 Å². The van der Waals surface area contributed by atoms with Crippen molar-refractivity contribution < 1.29 is 9.22 Å². The van der Waals surface area contributed by atoms with Gasteiger partial charge in [0.1, 0.15) is 6.10 Å². The van der Waals surface area contributed by atoms with Crippen molar-refractivity contribution in [1.29, 1.82) is 0 Å². The van der Waals surface area contributed by atoms with Gasteiger partial charge >= 0.3 is 0 Å². The predicted octanol–water partition coefficient (Wildman–Crippen LogP) is 5.07. The SMILES string of the molecule is CC(C)[Si](O[C@H]1C(=O)N[C@H]1c1ccc(Cl)cc1)(C(C)C)C(C)C. The zero-order chi connectivity index (χ0) is 17.4. The van der Waals surface area contributed by atoms with Crippen LogP contribution < -0.4 is 5.32 Å². The van der Waals surface area contributed by atoms with Gasteiger partial charge in [0.25, 0.3) is 5.91 Å². The molecule has 5 heteroatoms. The Labute approximate surface area is 145 Å². The number of rotatable bonds is 6. The summed E-state index contributed by atoms with van der Waals surface area (Å²) in [6.07, 6.45) is -0.380. The average molecular weight is 354 g/mol. The van der Waals surface area contributed by atoms with Crippen molar-refractivity contribution in [3.8, 4) is 0 Å². The molecule has 0 aromatic heterocycles. The van der Waals surface area contributed by atoms with Crippen molar-refractivity contribution in [2.24, 2.45) is 0 Å². The standard InChI is InChI=1S/C18H28ClNO2Si/c1-11(2)23(12(3)4,13(5)6)22-17-16(20-18(17)21)14-7-9-15(19)10-8-14/h7-13,16-17H,1-6H3,(H,20,21)/t16-,17+/m0/s1. The van der Waals surface area contributed by atoms with Crippen molar-refractivity contribution in [2.75, 3.05) is 0 Å². The number of β-lactam (4-membered cyclic amide) rings is 1. The lowest BCUT2D eigenvalue weighted by atomic mass is 9.94. The van der Waals surface area contributed by atoms with Crippen LogP contribution in [0.4, 0.5) is 0 Å². The summed E-state index contributed by atoms with van der Waals surface area (Å²) < 4.78 is 6.66. The van der Waals surface area contributed by atoms with Crippen molar-refractivity contribution in [3.05, 3.63) is 34.9 Å². The van der Waals surface area contributed by atoms with Gasteiger partial charge in [-0.05, 0) is 34.3 Å². The highest BCUT2D eigenvalue weighted by Gasteiger charge is 2.52. The van der Waals surface area contributed by atoms with Crippen LogP contribution in [0.25, 0.3) is 0 Å². The fourth-order valence-electron chi connectivity index (χ4n) is 4.04. The summed E-state index contributed by atoms with van der Waals surface area (Å²) in [7, 11) is -2.07. The molecule has 1 aromatic rings. The maximum absolute atomic E-state index is 12.2. The summed E-state index contributed by atoms with van der Waals surface area (Å²) >= 11 is 5.96. The van der Waals surface area contributed by atoms with Gasteiger partial charge in [0.05, 0.1) is 6.04 Å². The van der Waals surface area contributed by atoms with E-state index in [1.54, 1.807) is 0 Å². The Morgan fingerprint density at radius 1 is 1.00 bits per heavy atom. The Hall–Kier alpha value is -0.843. The van der Waals surface area contributed by atoms with Crippen LogP contribution in [-0.2, 0) is 9.22 Å². The topological polar surface area (TPSA) is 38.3 Å². The Kier molecular flexibility index (Phi) is 5.59. The molecule has 0 bridgehead atoms. The second-order valence-electron chi connectivity index (χ2n) is 7.39. The van der Waals surface area contributed by atoms with Gasteiger partial charge in [-0.15, -0.1) is 0 Å². The summed E-state index contributed by atoms with van der Waals surface area (Å²) in [5.74, 6) is 0.00350. The molecule has 0 spiro atoms. The molecule has 3 nitrogen and oxygen atoms in total. The fraction of sp³-hybridized carbons (Fsp3) is 0.611. The fourth-order valence-corrected chi connectivity index (χ4v) is 9.67. The third kappa shape index (κ3) is 3.35. The molecule has 1 aromatic carbocycles. The van der Waals surface area contributed by atoms with Gasteiger partial charge in [0, 0.05) is 5.02 Å². The third-order valence-corrected chi connectivity index (χ3v) is 11.5. The Bertz CT molecular complexity index is 535. The Morgan fingerprint density at radius 3 is 1.87 bits per heavy atom. The van der Waals surface area contributed by atoms with E-state index in [0.29, 0.717) is 21.6 Å². The van der Waals surface area contributed by atoms with Crippen LogP contribution in [0.5, 0.6) is 0 Å². The van der Waals surface area contributed by atoms with Gasteiger partial charge in [-0.2, -0.15) is 0 Å². The highest BCUT2D eigenvalue weighted by molar-refractivity contribution is 6.77. The van der Waals surface area contributed by atoms with Gasteiger partial charge in [-0.3, -0.25) is 4.79 Å². The van der Waals surface area contributed by atoms with E-state index in [1.807, 2.05) is 24.3 Å². The zero-order valence-corrected chi connectivity index (χ0v) is 16.6. The van der Waals surface area contributed by atoms with E-state index in [-0.39, 0.29) is 18.1 Å². The first kappa shape index (κ1) is 18.5. The molecule has 1 amide bonds. The van der Waals surface area contributed by atoms with Crippen LogP contribution in [0.1, 0.15) is 53.1 Å². The van der Waals surface area contributed by atoms with Gasteiger partial charge in [-0.25, -0.2) is 0 Å². The lowest BCUT2D eigenvalue weighted by Crippen LogP contribution is -2.63. The third-order valence-electron chi connectivity index (χ3n) is 5.13. The molecule has 1 N–H and O–H groups in total. The maximum Gasteiger partial charge on any atom is 0.251 e. The van der Waals surface area contributed by atoms with Gasteiger partial charge < -0.3 is 9.74 Å². The molecule has 1 saturated heterocycles. The summed E-state index contributed by atoms with van der Waals surface area (Å²) in [4.78, 5) is 12.2. The van der Waals surface area contributed by atoms with Crippen LogP contribution in [0.3, 0.4) is 0 Å². The molecular weight excluding hydrogens is 326 g/mol. The molecule has 0 saturated carbocycles. The highest BCUT2D eigenvalue weighted by atomic mass is 35.5. The lowest BCUT2D eigenvalue weighted by molar-refractivity contribution is -0.141. The summed E-state index contributed by atoms with van der Waals surface area (Å²) in [5.41, 5.74) is 2.43.